The number of carbonyl (C=O) groups excluding carboxylic acids is 2. The van der Waals surface area contributed by atoms with Gasteiger partial charge in [0.05, 0.1) is 13.1 Å². The third kappa shape index (κ3) is 4.59. The highest BCUT2D eigenvalue weighted by Crippen LogP contribution is 1.92. The van der Waals surface area contributed by atoms with Gasteiger partial charge in [0.25, 0.3) is 0 Å². The second-order valence-corrected chi connectivity index (χ2v) is 4.15. The monoisotopic (exact) mass is 228 g/mol. The molecule has 2 amide bonds. The number of rotatable bonds is 4. The van der Waals surface area contributed by atoms with Crippen LogP contribution >= 0.6 is 0 Å². The first-order valence-corrected chi connectivity index (χ1v) is 5.49. The van der Waals surface area contributed by atoms with E-state index in [0.717, 1.165) is 26.2 Å². The molecule has 0 aliphatic carbocycles. The van der Waals surface area contributed by atoms with Crippen LogP contribution in [0.5, 0.6) is 0 Å². The molecule has 1 saturated heterocycles. The Labute approximate surface area is 96.0 Å². The molecule has 1 aliphatic heterocycles. The highest BCUT2D eigenvalue weighted by molar-refractivity contribution is 5.85. The first-order valence-electron chi connectivity index (χ1n) is 5.49. The zero-order valence-corrected chi connectivity index (χ0v) is 9.95. The molecule has 6 heteroatoms. The minimum absolute atomic E-state index is 0.00592. The second kappa shape index (κ2) is 6.44. The molecule has 1 aliphatic rings. The van der Waals surface area contributed by atoms with E-state index in [1.54, 1.807) is 9.80 Å². The van der Waals surface area contributed by atoms with Gasteiger partial charge < -0.3 is 20.4 Å². The summed E-state index contributed by atoms with van der Waals surface area (Å²) in [5.74, 6) is -0.123. The molecule has 0 unspecified atom stereocenters. The number of piperazine rings is 1. The summed E-state index contributed by atoms with van der Waals surface area (Å²) in [6, 6.07) is 0. The number of amides is 2. The smallest absolute Gasteiger partial charge is 0.242 e. The molecule has 1 heterocycles. The molecule has 0 radical (unpaired) electrons. The molecular formula is C10H20N4O2. The largest absolute Gasteiger partial charge is 0.346 e. The second-order valence-electron chi connectivity index (χ2n) is 4.15. The van der Waals surface area contributed by atoms with Crippen molar-refractivity contribution in [3.8, 4) is 0 Å². The van der Waals surface area contributed by atoms with Crippen LogP contribution in [0.15, 0.2) is 0 Å². The molecule has 0 aromatic rings. The molecule has 92 valence electrons. The highest BCUT2D eigenvalue weighted by atomic mass is 16.2. The summed E-state index contributed by atoms with van der Waals surface area (Å²) in [7, 11) is 3.63. The average molecular weight is 228 g/mol. The van der Waals surface area contributed by atoms with Crippen LogP contribution in [0, 0.1) is 0 Å². The summed E-state index contributed by atoms with van der Waals surface area (Å²) < 4.78 is 0. The van der Waals surface area contributed by atoms with Crippen molar-refractivity contribution < 1.29 is 9.59 Å². The Morgan fingerprint density at radius 2 is 1.94 bits per heavy atom. The zero-order chi connectivity index (χ0) is 12.0. The summed E-state index contributed by atoms with van der Waals surface area (Å²) in [6.45, 7) is 3.53. The van der Waals surface area contributed by atoms with Crippen LogP contribution in [0.4, 0.5) is 0 Å². The van der Waals surface area contributed by atoms with Crippen molar-refractivity contribution in [2.24, 2.45) is 0 Å². The quantitative estimate of drug-likeness (QED) is 0.590. The standard InChI is InChI=1S/C10H20N4O2/c1-13(2)8-9(15)12-7-10(16)14-5-3-11-4-6-14/h11H,3-8H2,1-2H3,(H,12,15). The number of hydrogen-bond acceptors (Lipinski definition) is 4. The molecule has 0 aromatic heterocycles. The van der Waals surface area contributed by atoms with Gasteiger partial charge in [-0.05, 0) is 14.1 Å². The SMILES string of the molecule is CN(C)CC(=O)NCC(=O)N1CCNCC1. The first-order chi connectivity index (χ1) is 7.59. The number of carbonyl (C=O) groups is 2. The van der Waals surface area contributed by atoms with Gasteiger partial charge in [0.2, 0.25) is 11.8 Å². The van der Waals surface area contributed by atoms with E-state index >= 15 is 0 Å². The molecule has 0 spiro atoms. The minimum atomic E-state index is -0.117. The van der Waals surface area contributed by atoms with Crippen molar-refractivity contribution in [3.63, 3.8) is 0 Å². The topological polar surface area (TPSA) is 64.7 Å². The van der Waals surface area contributed by atoms with E-state index in [1.165, 1.54) is 0 Å². The Bertz CT molecular complexity index is 249. The van der Waals surface area contributed by atoms with E-state index in [4.69, 9.17) is 0 Å². The van der Waals surface area contributed by atoms with Crippen LogP contribution in [0.25, 0.3) is 0 Å². The number of hydrogen-bond donors (Lipinski definition) is 2. The fourth-order valence-electron chi connectivity index (χ4n) is 1.54. The van der Waals surface area contributed by atoms with Crippen LogP contribution < -0.4 is 10.6 Å². The van der Waals surface area contributed by atoms with Gasteiger partial charge >= 0.3 is 0 Å². The van der Waals surface area contributed by atoms with E-state index in [-0.39, 0.29) is 18.4 Å². The third-order valence-corrected chi connectivity index (χ3v) is 2.37. The van der Waals surface area contributed by atoms with Crippen LogP contribution in [-0.4, -0.2) is 75.0 Å². The van der Waals surface area contributed by atoms with E-state index in [0.29, 0.717) is 6.54 Å². The van der Waals surface area contributed by atoms with Gasteiger partial charge in [0.15, 0.2) is 0 Å². The van der Waals surface area contributed by atoms with E-state index in [9.17, 15) is 9.59 Å². The van der Waals surface area contributed by atoms with Crippen molar-refractivity contribution in [2.75, 3.05) is 53.4 Å². The zero-order valence-electron chi connectivity index (χ0n) is 9.95. The number of likely N-dealkylation sites (N-methyl/N-ethyl adjacent to an activating group) is 1. The van der Waals surface area contributed by atoms with Crippen LogP contribution in [0.1, 0.15) is 0 Å². The summed E-state index contributed by atoms with van der Waals surface area (Å²) >= 11 is 0. The van der Waals surface area contributed by atoms with Crippen molar-refractivity contribution in [3.05, 3.63) is 0 Å². The molecule has 6 nitrogen and oxygen atoms in total. The number of nitrogens with one attached hydrogen (secondary N) is 2. The molecule has 0 atom stereocenters. The molecule has 1 fully saturated rings. The molecule has 1 rings (SSSR count). The van der Waals surface area contributed by atoms with Crippen LogP contribution in [0.3, 0.4) is 0 Å². The Balaban J connectivity index is 2.21. The predicted octanol–water partition coefficient (Wildman–Crippen LogP) is -1.90. The summed E-state index contributed by atoms with van der Waals surface area (Å²) in [6.07, 6.45) is 0. The lowest BCUT2D eigenvalue weighted by atomic mass is 10.3. The minimum Gasteiger partial charge on any atom is -0.346 e. The lowest BCUT2D eigenvalue weighted by Gasteiger charge is -2.27. The normalized spacial score (nSPS) is 16.3. The molecule has 16 heavy (non-hydrogen) atoms. The van der Waals surface area contributed by atoms with E-state index in [2.05, 4.69) is 10.6 Å². The van der Waals surface area contributed by atoms with Gasteiger partial charge in [-0.15, -0.1) is 0 Å². The highest BCUT2D eigenvalue weighted by Gasteiger charge is 2.16. The van der Waals surface area contributed by atoms with Crippen molar-refractivity contribution >= 4 is 11.8 Å². The summed E-state index contributed by atoms with van der Waals surface area (Å²) in [5.41, 5.74) is 0. The fourth-order valence-corrected chi connectivity index (χ4v) is 1.54. The lowest BCUT2D eigenvalue weighted by Crippen LogP contribution is -2.50. The fraction of sp³-hybridized carbons (Fsp3) is 0.800. The Hall–Kier alpha value is -1.14. The Morgan fingerprint density at radius 1 is 1.31 bits per heavy atom. The molecular weight excluding hydrogens is 208 g/mol. The third-order valence-electron chi connectivity index (χ3n) is 2.37. The summed E-state index contributed by atoms with van der Waals surface area (Å²) in [4.78, 5) is 26.5. The van der Waals surface area contributed by atoms with Gasteiger partial charge in [-0.3, -0.25) is 9.59 Å². The first kappa shape index (κ1) is 12.9. The Morgan fingerprint density at radius 3 is 2.50 bits per heavy atom. The molecule has 0 bridgehead atoms. The van der Waals surface area contributed by atoms with E-state index < -0.39 is 0 Å². The van der Waals surface area contributed by atoms with E-state index in [1.807, 2.05) is 14.1 Å². The van der Waals surface area contributed by atoms with Gasteiger partial charge in [0, 0.05) is 26.2 Å². The van der Waals surface area contributed by atoms with Crippen molar-refractivity contribution in [1.29, 1.82) is 0 Å². The van der Waals surface area contributed by atoms with Gasteiger partial charge in [-0.25, -0.2) is 0 Å². The predicted molar refractivity (Wildman–Crippen MR) is 61.0 cm³/mol. The molecule has 2 N–H and O–H groups in total. The maximum absolute atomic E-state index is 11.7. The average Bonchev–Trinajstić information content (AvgIpc) is 2.26. The maximum Gasteiger partial charge on any atom is 0.242 e. The maximum atomic E-state index is 11.7. The lowest BCUT2D eigenvalue weighted by molar-refractivity contribution is -0.133. The van der Waals surface area contributed by atoms with Crippen molar-refractivity contribution in [1.82, 2.24) is 20.4 Å². The number of nitrogens with zero attached hydrogens (tertiary/aromatic N) is 2. The van der Waals surface area contributed by atoms with Gasteiger partial charge in [-0.2, -0.15) is 0 Å². The van der Waals surface area contributed by atoms with Crippen molar-refractivity contribution in [2.45, 2.75) is 0 Å². The van der Waals surface area contributed by atoms with Crippen LogP contribution in [-0.2, 0) is 9.59 Å². The van der Waals surface area contributed by atoms with Gasteiger partial charge in [-0.1, -0.05) is 0 Å². The van der Waals surface area contributed by atoms with Crippen LogP contribution in [0.2, 0.25) is 0 Å². The summed E-state index contributed by atoms with van der Waals surface area (Å²) in [5, 5.41) is 5.79. The molecule has 0 aromatic carbocycles. The van der Waals surface area contributed by atoms with Gasteiger partial charge in [0.1, 0.15) is 0 Å². The molecule has 0 saturated carbocycles. The Kier molecular flexibility index (Phi) is 5.21.